The van der Waals surface area contributed by atoms with Gasteiger partial charge < -0.3 is 9.47 Å². The maximum absolute atomic E-state index is 13.2. The fourth-order valence-electron chi connectivity index (χ4n) is 3.53. The van der Waals surface area contributed by atoms with Gasteiger partial charge in [0.2, 0.25) is 0 Å². The smallest absolute Gasteiger partial charge is 0.284 e. The van der Waals surface area contributed by atoms with Crippen LogP contribution in [0.4, 0.5) is 5.69 Å². The summed E-state index contributed by atoms with van der Waals surface area (Å²) in [4.78, 5) is 37.9. The average Bonchev–Trinajstić information content (AvgIpc) is 2.95. The molecule has 0 saturated heterocycles. The van der Waals surface area contributed by atoms with Crippen molar-refractivity contribution >= 4 is 43.3 Å². The number of carbonyl (C=O) groups excluding carboxylic acids is 2. The number of halogens is 1. The van der Waals surface area contributed by atoms with Crippen molar-refractivity contribution in [2.75, 3.05) is 25.7 Å². The monoisotopic (exact) mass is 526 g/mol. The fourth-order valence-corrected chi connectivity index (χ4v) is 4.89. The van der Waals surface area contributed by atoms with E-state index in [0.29, 0.717) is 23.7 Å². The number of nitrogens with zero attached hydrogens (tertiary/aromatic N) is 2. The number of nitro groups is 1. The second kappa shape index (κ2) is 8.87. The Labute approximate surface area is 192 Å². The van der Waals surface area contributed by atoms with Gasteiger partial charge >= 0.3 is 0 Å². The third-order valence-corrected chi connectivity index (χ3v) is 6.18. The van der Waals surface area contributed by atoms with Gasteiger partial charge in [0.25, 0.3) is 17.5 Å². The molecule has 2 amide bonds. The minimum Gasteiger partial charge on any atom is -0.493 e. The highest BCUT2D eigenvalue weighted by molar-refractivity contribution is 9.10. The van der Waals surface area contributed by atoms with Crippen molar-refractivity contribution in [2.24, 2.45) is 0 Å². The molecule has 12 heteroatoms. The quantitative estimate of drug-likeness (QED) is 0.291. The second-order valence-electron chi connectivity index (χ2n) is 7.04. The highest BCUT2D eigenvalue weighted by atomic mass is 79.9. The maximum Gasteiger partial charge on any atom is 0.284 e. The Balaban J connectivity index is 2.18. The maximum atomic E-state index is 13.2. The van der Waals surface area contributed by atoms with Crippen molar-refractivity contribution in [3.05, 3.63) is 61.6 Å². The van der Waals surface area contributed by atoms with E-state index in [2.05, 4.69) is 15.9 Å². The van der Waals surface area contributed by atoms with Gasteiger partial charge in [0.15, 0.2) is 11.5 Å². The van der Waals surface area contributed by atoms with Crippen LogP contribution in [0.5, 0.6) is 11.5 Å². The van der Waals surface area contributed by atoms with Crippen LogP contribution >= 0.6 is 15.9 Å². The molecule has 1 atom stereocenters. The molecule has 0 aromatic heterocycles. The third kappa shape index (κ3) is 4.46. The Morgan fingerprint density at radius 1 is 1.16 bits per heavy atom. The van der Waals surface area contributed by atoms with E-state index < -0.39 is 44.1 Å². The fraction of sp³-hybridized carbons (Fsp3) is 0.300. The summed E-state index contributed by atoms with van der Waals surface area (Å²) in [5.74, 6) is -1.65. The van der Waals surface area contributed by atoms with Crippen LogP contribution in [0.15, 0.2) is 34.8 Å². The van der Waals surface area contributed by atoms with Crippen LogP contribution in [-0.4, -0.2) is 55.8 Å². The molecule has 0 radical (unpaired) electrons. The molecule has 3 rings (SSSR count). The molecule has 1 aliphatic heterocycles. The molecule has 0 fully saturated rings. The second-order valence-corrected chi connectivity index (χ2v) is 10.1. The summed E-state index contributed by atoms with van der Waals surface area (Å²) in [5, 5.41) is 11.5. The molecule has 1 heterocycles. The first kappa shape index (κ1) is 23.7. The van der Waals surface area contributed by atoms with Crippen LogP contribution in [0.1, 0.15) is 39.2 Å². The predicted octanol–water partition coefficient (Wildman–Crippen LogP) is 3.15. The zero-order valence-corrected chi connectivity index (χ0v) is 19.7. The van der Waals surface area contributed by atoms with Crippen LogP contribution in [0, 0.1) is 10.1 Å². The van der Waals surface area contributed by atoms with E-state index in [0.717, 1.165) is 17.2 Å². The van der Waals surface area contributed by atoms with Gasteiger partial charge in [-0.1, -0.05) is 22.0 Å². The molecule has 0 spiro atoms. The number of ether oxygens (including phenoxy) is 2. The number of hydrogen-bond acceptors (Lipinski definition) is 8. The molecule has 0 aliphatic carbocycles. The molecule has 1 aliphatic rings. The highest BCUT2D eigenvalue weighted by Crippen LogP contribution is 2.40. The summed E-state index contributed by atoms with van der Waals surface area (Å²) in [6.45, 7) is 2.05. The molecule has 2 aromatic rings. The van der Waals surface area contributed by atoms with Crippen molar-refractivity contribution in [3.63, 3.8) is 0 Å². The number of methoxy groups -OCH3 is 1. The summed E-state index contributed by atoms with van der Waals surface area (Å²) in [5.41, 5.74) is -0.790. The molecule has 0 N–H and O–H groups in total. The highest BCUT2D eigenvalue weighted by Gasteiger charge is 2.46. The average molecular weight is 527 g/mol. The van der Waals surface area contributed by atoms with Gasteiger partial charge in [-0.05, 0) is 30.7 Å². The summed E-state index contributed by atoms with van der Waals surface area (Å²) >= 11 is 3.11. The van der Waals surface area contributed by atoms with Crippen LogP contribution in [-0.2, 0) is 9.84 Å². The van der Waals surface area contributed by atoms with E-state index in [1.165, 1.54) is 31.4 Å². The molecular formula is C20H19BrN2O8S. The molecule has 0 bridgehead atoms. The number of nitro benzene ring substituents is 1. The number of fused-ring (bicyclic) bond motifs is 1. The Bertz CT molecular complexity index is 1230. The zero-order chi connectivity index (χ0) is 23.8. The SMILES string of the molecule is CCOc1cc([C@@H](CS(C)(=O)=O)N2C(=O)c3cc(Br)cc([N+](=O)[O-])c3C2=O)ccc1OC. The van der Waals surface area contributed by atoms with Gasteiger partial charge in [0, 0.05) is 16.8 Å². The Morgan fingerprint density at radius 3 is 2.41 bits per heavy atom. The van der Waals surface area contributed by atoms with Crippen LogP contribution in [0.25, 0.3) is 0 Å². The Hall–Kier alpha value is -2.99. The number of sulfone groups is 1. The number of amides is 2. The summed E-state index contributed by atoms with van der Waals surface area (Å²) in [7, 11) is -2.24. The minimum absolute atomic E-state index is 0.173. The van der Waals surface area contributed by atoms with Crippen molar-refractivity contribution in [3.8, 4) is 11.5 Å². The standard InChI is InChI=1S/C20H19BrN2O8S/c1-4-31-17-7-11(5-6-16(17)30-2)15(10-32(3,28)29)22-19(24)13-8-12(21)9-14(23(26)27)18(13)20(22)25/h5-9,15H,4,10H2,1-3H3/t15-/m1/s1. The molecule has 2 aromatic carbocycles. The van der Waals surface area contributed by atoms with Crippen molar-refractivity contribution in [2.45, 2.75) is 13.0 Å². The van der Waals surface area contributed by atoms with Crippen molar-refractivity contribution < 1.29 is 32.4 Å². The first-order valence-corrected chi connectivity index (χ1v) is 12.2. The van der Waals surface area contributed by atoms with E-state index in [-0.39, 0.29) is 15.6 Å². The Kier molecular flexibility index (Phi) is 6.56. The lowest BCUT2D eigenvalue weighted by Gasteiger charge is -2.26. The summed E-state index contributed by atoms with van der Waals surface area (Å²) in [6.07, 6.45) is 0.976. The Morgan fingerprint density at radius 2 is 1.84 bits per heavy atom. The summed E-state index contributed by atoms with van der Waals surface area (Å²) < 4.78 is 35.4. The van der Waals surface area contributed by atoms with E-state index in [1.54, 1.807) is 6.92 Å². The predicted molar refractivity (Wildman–Crippen MR) is 118 cm³/mol. The number of benzene rings is 2. The van der Waals surface area contributed by atoms with Gasteiger partial charge in [-0.3, -0.25) is 24.6 Å². The van der Waals surface area contributed by atoms with Crippen molar-refractivity contribution in [1.82, 2.24) is 4.90 Å². The topological polar surface area (TPSA) is 133 Å². The van der Waals surface area contributed by atoms with E-state index in [4.69, 9.17) is 9.47 Å². The van der Waals surface area contributed by atoms with E-state index in [9.17, 15) is 28.1 Å². The first-order valence-electron chi connectivity index (χ1n) is 9.32. The number of carbonyl (C=O) groups is 2. The molecule has 10 nitrogen and oxygen atoms in total. The first-order chi connectivity index (χ1) is 15.0. The molecule has 170 valence electrons. The van der Waals surface area contributed by atoms with Gasteiger partial charge in [-0.15, -0.1) is 0 Å². The van der Waals surface area contributed by atoms with E-state index >= 15 is 0 Å². The summed E-state index contributed by atoms with van der Waals surface area (Å²) in [6, 6.07) is 5.74. The largest absolute Gasteiger partial charge is 0.493 e. The van der Waals surface area contributed by atoms with Crippen LogP contribution in [0.2, 0.25) is 0 Å². The zero-order valence-electron chi connectivity index (χ0n) is 17.3. The van der Waals surface area contributed by atoms with Gasteiger partial charge in [-0.25, -0.2) is 8.42 Å². The third-order valence-electron chi connectivity index (χ3n) is 4.81. The normalized spacial score (nSPS) is 14.3. The molecule has 0 saturated carbocycles. The van der Waals surface area contributed by atoms with Crippen LogP contribution in [0.3, 0.4) is 0 Å². The number of hydrogen-bond donors (Lipinski definition) is 0. The molecule has 0 unspecified atom stereocenters. The molecule has 32 heavy (non-hydrogen) atoms. The van der Waals surface area contributed by atoms with E-state index in [1.807, 2.05) is 0 Å². The minimum atomic E-state index is -3.68. The van der Waals surface area contributed by atoms with Gasteiger partial charge in [0.05, 0.1) is 36.0 Å². The number of rotatable bonds is 8. The lowest BCUT2D eigenvalue weighted by atomic mass is 10.1. The van der Waals surface area contributed by atoms with Gasteiger partial charge in [0.1, 0.15) is 15.4 Å². The van der Waals surface area contributed by atoms with Gasteiger partial charge in [-0.2, -0.15) is 0 Å². The van der Waals surface area contributed by atoms with Crippen molar-refractivity contribution in [1.29, 1.82) is 0 Å². The lowest BCUT2D eigenvalue weighted by molar-refractivity contribution is -0.385. The number of imide groups is 1. The lowest BCUT2D eigenvalue weighted by Crippen LogP contribution is -2.37. The molecular weight excluding hydrogens is 508 g/mol. The van der Waals surface area contributed by atoms with Crippen LogP contribution < -0.4 is 9.47 Å².